The number of amides is 1. The molecule has 2 heterocycles. The number of nitrogens with zero attached hydrogens (tertiary/aromatic N) is 2. The summed E-state index contributed by atoms with van der Waals surface area (Å²) >= 11 is 0. The quantitative estimate of drug-likeness (QED) is 0.402. The zero-order valence-corrected chi connectivity index (χ0v) is 25.8. The maximum Gasteiger partial charge on any atom is 0.251 e. The molecule has 2 aromatic rings. The zero-order chi connectivity index (χ0) is 29.8. The fourth-order valence-corrected chi connectivity index (χ4v) is 6.48. The zero-order valence-electron chi connectivity index (χ0n) is 25.8. The van der Waals surface area contributed by atoms with Crippen molar-refractivity contribution in [2.45, 2.75) is 65.1 Å². The number of ether oxygens (including phenoxy) is 1. The van der Waals surface area contributed by atoms with E-state index in [1.54, 1.807) is 0 Å². The fraction of sp³-hybridized carbons (Fsp3) is 0.457. The first-order valence-electron chi connectivity index (χ1n) is 15.3. The molecule has 3 aliphatic rings. The van der Waals surface area contributed by atoms with E-state index in [4.69, 9.17) is 10.5 Å². The lowest BCUT2D eigenvalue weighted by Gasteiger charge is -2.36. The van der Waals surface area contributed by atoms with Crippen molar-refractivity contribution in [3.8, 4) is 11.1 Å². The number of nitrogens with two attached hydrogens (primary N) is 1. The first kappa shape index (κ1) is 30.1. The van der Waals surface area contributed by atoms with E-state index in [1.165, 1.54) is 5.56 Å². The van der Waals surface area contributed by atoms with Gasteiger partial charge in [-0.1, -0.05) is 30.8 Å². The van der Waals surface area contributed by atoms with Gasteiger partial charge < -0.3 is 26.0 Å². The van der Waals surface area contributed by atoms with Crippen LogP contribution in [0.1, 0.15) is 61.0 Å². The van der Waals surface area contributed by atoms with Crippen LogP contribution in [0.5, 0.6) is 0 Å². The Labute approximate surface area is 251 Å². The van der Waals surface area contributed by atoms with Gasteiger partial charge in [-0.25, -0.2) is 0 Å². The molecule has 1 saturated heterocycles. The van der Waals surface area contributed by atoms with Crippen LogP contribution in [0.3, 0.4) is 0 Å². The Kier molecular flexibility index (Phi) is 9.51. The van der Waals surface area contributed by atoms with Crippen LogP contribution in [0.4, 0.5) is 5.69 Å². The van der Waals surface area contributed by atoms with Crippen molar-refractivity contribution in [2.24, 2.45) is 5.73 Å². The molecule has 0 bridgehead atoms. The number of anilines is 1. The van der Waals surface area contributed by atoms with Crippen molar-refractivity contribution < 1.29 is 9.53 Å². The van der Waals surface area contributed by atoms with Crippen LogP contribution in [-0.4, -0.2) is 62.8 Å². The smallest absolute Gasteiger partial charge is 0.251 e. The average molecular weight is 570 g/mol. The molecule has 1 aliphatic carbocycles. The van der Waals surface area contributed by atoms with E-state index in [0.717, 1.165) is 103 Å². The lowest BCUT2D eigenvalue weighted by molar-refractivity contribution is 0.0342. The number of carbonyl (C=O) groups excluding carboxylic acids is 1. The van der Waals surface area contributed by atoms with Gasteiger partial charge in [-0.05, 0) is 98.1 Å². The minimum absolute atomic E-state index is 0.0713. The highest BCUT2D eigenvalue weighted by molar-refractivity contribution is 5.99. The van der Waals surface area contributed by atoms with Gasteiger partial charge in [-0.2, -0.15) is 0 Å². The molecular formula is C35H47N5O2. The summed E-state index contributed by atoms with van der Waals surface area (Å²) in [5, 5.41) is 6.48. The molecule has 224 valence electrons. The molecule has 1 saturated carbocycles. The molecular weight excluding hydrogens is 522 g/mol. The van der Waals surface area contributed by atoms with Crippen LogP contribution in [0.2, 0.25) is 0 Å². The molecule has 2 aliphatic heterocycles. The van der Waals surface area contributed by atoms with Crippen molar-refractivity contribution >= 4 is 11.6 Å². The third-order valence-corrected chi connectivity index (χ3v) is 9.14. The largest absolute Gasteiger partial charge is 0.379 e. The van der Waals surface area contributed by atoms with Crippen LogP contribution < -0.4 is 21.3 Å². The van der Waals surface area contributed by atoms with Crippen LogP contribution in [0.25, 0.3) is 11.1 Å². The van der Waals surface area contributed by atoms with E-state index >= 15 is 0 Å². The van der Waals surface area contributed by atoms with Gasteiger partial charge in [0, 0.05) is 68.0 Å². The molecule has 2 aromatic carbocycles. The number of morpholine rings is 1. The molecule has 0 radical (unpaired) electrons. The maximum atomic E-state index is 13.8. The van der Waals surface area contributed by atoms with Gasteiger partial charge in [0.15, 0.2) is 0 Å². The normalized spacial score (nSPS) is 21.5. The molecule has 4 N–H and O–H groups in total. The maximum absolute atomic E-state index is 13.8. The number of hydrogen-bond acceptors (Lipinski definition) is 6. The summed E-state index contributed by atoms with van der Waals surface area (Å²) in [6, 6.07) is 13.8. The Hall–Kier alpha value is -3.39. The van der Waals surface area contributed by atoms with Crippen molar-refractivity contribution in [2.75, 3.05) is 44.8 Å². The van der Waals surface area contributed by atoms with E-state index in [-0.39, 0.29) is 5.91 Å². The predicted molar refractivity (Wildman–Crippen MR) is 172 cm³/mol. The van der Waals surface area contributed by atoms with Crippen LogP contribution in [0, 0.1) is 6.92 Å². The van der Waals surface area contributed by atoms with Crippen molar-refractivity contribution in [3.63, 3.8) is 0 Å². The summed E-state index contributed by atoms with van der Waals surface area (Å²) in [6.45, 7) is 15.2. The molecule has 5 rings (SSSR count). The number of nitrogens with one attached hydrogen (secondary N) is 2. The lowest BCUT2D eigenvalue weighted by Crippen LogP contribution is -2.39. The van der Waals surface area contributed by atoms with Crippen molar-refractivity contribution in [3.05, 3.63) is 88.3 Å². The van der Waals surface area contributed by atoms with Crippen molar-refractivity contribution in [1.29, 1.82) is 0 Å². The predicted octanol–water partition coefficient (Wildman–Crippen LogP) is 5.27. The molecule has 42 heavy (non-hydrogen) atoms. The molecule has 7 heteroatoms. The van der Waals surface area contributed by atoms with Gasteiger partial charge >= 0.3 is 0 Å². The van der Waals surface area contributed by atoms with Gasteiger partial charge in [-0.3, -0.25) is 9.69 Å². The molecule has 1 amide bonds. The third kappa shape index (κ3) is 6.97. The van der Waals surface area contributed by atoms with Gasteiger partial charge in [0.05, 0.1) is 13.2 Å². The standard InChI is InChI=1S/C35H47N5O2/c1-23-18-24(2)38-26(4)33(23)21-37-35(41)32-19-29(20-34(25(32)3)39(5)31-12-10-30(36)11-13-31)28-8-6-27(7-9-28)22-40-14-16-42-17-15-40/h6-9,18-20,30-31,38H,4,10-17,21-22,36H2,1-3,5H3,(H,37,41)/t30-,31+. The first-order chi connectivity index (χ1) is 20.2. The molecule has 0 atom stereocenters. The highest BCUT2D eigenvalue weighted by Crippen LogP contribution is 2.34. The summed E-state index contributed by atoms with van der Waals surface area (Å²) in [6.07, 6.45) is 6.29. The fourth-order valence-electron chi connectivity index (χ4n) is 6.48. The van der Waals surface area contributed by atoms with Crippen LogP contribution in [0.15, 0.2) is 71.6 Å². The second-order valence-corrected chi connectivity index (χ2v) is 12.2. The van der Waals surface area contributed by atoms with E-state index in [1.807, 2.05) is 6.92 Å². The Balaban J connectivity index is 1.43. The van der Waals surface area contributed by atoms with E-state index < -0.39 is 0 Å². The highest BCUT2D eigenvalue weighted by atomic mass is 16.5. The first-order valence-corrected chi connectivity index (χ1v) is 15.3. The van der Waals surface area contributed by atoms with Gasteiger partial charge in [0.25, 0.3) is 5.91 Å². The Morgan fingerprint density at radius 3 is 2.43 bits per heavy atom. The topological polar surface area (TPSA) is 82.9 Å². The molecule has 0 spiro atoms. The molecule has 7 nitrogen and oxygen atoms in total. The van der Waals surface area contributed by atoms with Crippen LogP contribution >= 0.6 is 0 Å². The summed E-state index contributed by atoms with van der Waals surface area (Å²) in [5.74, 6) is -0.0713. The Bertz CT molecular complexity index is 1360. The summed E-state index contributed by atoms with van der Waals surface area (Å²) in [5.41, 5.74) is 16.5. The third-order valence-electron chi connectivity index (χ3n) is 9.14. The Morgan fingerprint density at radius 2 is 1.76 bits per heavy atom. The van der Waals surface area contributed by atoms with Gasteiger partial charge in [0.1, 0.15) is 0 Å². The lowest BCUT2D eigenvalue weighted by atomic mass is 9.89. The number of rotatable bonds is 8. The molecule has 0 unspecified atom stereocenters. The second-order valence-electron chi connectivity index (χ2n) is 12.2. The SMILES string of the molecule is C=C1NC(C)=CC(C)=C1CNC(=O)c1cc(-c2ccc(CN3CCOCC3)cc2)cc(N(C)[C@H]2CC[C@@H](N)CC2)c1C. The van der Waals surface area contributed by atoms with E-state index in [2.05, 4.69) is 90.4 Å². The number of hydrogen-bond donors (Lipinski definition) is 3. The summed E-state index contributed by atoms with van der Waals surface area (Å²) in [7, 11) is 2.17. The number of carbonyl (C=O) groups is 1. The number of benzene rings is 2. The monoisotopic (exact) mass is 569 g/mol. The number of dihydropyridines is 1. The van der Waals surface area contributed by atoms with Gasteiger partial charge in [-0.15, -0.1) is 0 Å². The number of allylic oxidation sites excluding steroid dienone is 3. The van der Waals surface area contributed by atoms with E-state index in [0.29, 0.717) is 24.2 Å². The summed E-state index contributed by atoms with van der Waals surface area (Å²) < 4.78 is 5.50. The summed E-state index contributed by atoms with van der Waals surface area (Å²) in [4.78, 5) is 18.6. The Morgan fingerprint density at radius 1 is 1.07 bits per heavy atom. The minimum Gasteiger partial charge on any atom is -0.379 e. The van der Waals surface area contributed by atoms with Gasteiger partial charge in [0.2, 0.25) is 0 Å². The molecule has 0 aromatic heterocycles. The highest BCUT2D eigenvalue weighted by Gasteiger charge is 2.25. The van der Waals surface area contributed by atoms with E-state index in [9.17, 15) is 4.79 Å². The molecule has 2 fully saturated rings. The minimum atomic E-state index is -0.0713. The van der Waals surface area contributed by atoms with Crippen LogP contribution in [-0.2, 0) is 11.3 Å². The average Bonchev–Trinajstić information content (AvgIpc) is 2.97. The van der Waals surface area contributed by atoms with Crippen molar-refractivity contribution in [1.82, 2.24) is 15.5 Å². The second kappa shape index (κ2) is 13.3.